The third kappa shape index (κ3) is 3.36. The summed E-state index contributed by atoms with van der Waals surface area (Å²) in [4.78, 5) is 19.7. The number of H-pyrrole nitrogens is 1. The summed E-state index contributed by atoms with van der Waals surface area (Å²) < 4.78 is 0. The van der Waals surface area contributed by atoms with Crippen molar-refractivity contribution < 1.29 is 5.11 Å². The lowest BCUT2D eigenvalue weighted by atomic mass is 10.1. The second kappa shape index (κ2) is 6.81. The highest BCUT2D eigenvalue weighted by Gasteiger charge is 2.12. The molecule has 0 amide bonds. The zero-order valence-corrected chi connectivity index (χ0v) is 13.0. The number of alkyl halides is 1. The van der Waals surface area contributed by atoms with Crippen molar-refractivity contribution in [2.75, 3.05) is 17.7 Å². The molecule has 1 aromatic heterocycles. The van der Waals surface area contributed by atoms with Gasteiger partial charge in [-0.2, -0.15) is 0 Å². The number of hydrogen-bond acceptors (Lipinski definition) is 4. The van der Waals surface area contributed by atoms with Crippen molar-refractivity contribution in [3.63, 3.8) is 0 Å². The van der Waals surface area contributed by atoms with Crippen molar-refractivity contribution in [3.8, 4) is 11.3 Å². The lowest BCUT2D eigenvalue weighted by molar-refractivity contribution is 0.211. The van der Waals surface area contributed by atoms with Gasteiger partial charge in [-0.3, -0.25) is 4.79 Å². The van der Waals surface area contributed by atoms with E-state index >= 15 is 0 Å². The summed E-state index contributed by atoms with van der Waals surface area (Å²) in [5.74, 6) is 0.143. The Morgan fingerprint density at radius 2 is 1.91 bits per heavy atom. The van der Waals surface area contributed by atoms with E-state index in [0.29, 0.717) is 23.3 Å². The molecule has 0 radical (unpaired) electrons. The van der Waals surface area contributed by atoms with Gasteiger partial charge >= 0.3 is 0 Å². The Morgan fingerprint density at radius 1 is 1.17 bits per heavy atom. The Balaban J connectivity index is 2.05. The van der Waals surface area contributed by atoms with Crippen LogP contribution in [0.3, 0.4) is 0 Å². The van der Waals surface area contributed by atoms with Crippen LogP contribution in [0.1, 0.15) is 0 Å². The molecular formula is C17H16ClN3O2. The normalized spacial score (nSPS) is 12.3. The Labute approximate surface area is 138 Å². The number of aliphatic hydroxyl groups excluding tert-OH is 1. The van der Waals surface area contributed by atoms with Crippen LogP contribution in [0.4, 0.5) is 5.69 Å². The quantitative estimate of drug-likeness (QED) is 0.629. The summed E-state index contributed by atoms with van der Waals surface area (Å²) in [7, 11) is 0. The van der Waals surface area contributed by atoms with Crippen LogP contribution in [-0.2, 0) is 0 Å². The summed E-state index contributed by atoms with van der Waals surface area (Å²) in [6.07, 6.45) is -0.660. The number of nitrogens with zero attached hydrogens (tertiary/aromatic N) is 1. The fraction of sp³-hybridized carbons (Fsp3) is 0.176. The number of hydrogen-bond donors (Lipinski definition) is 3. The summed E-state index contributed by atoms with van der Waals surface area (Å²) in [6, 6.07) is 14.7. The number of aromatic amines is 1. The lowest BCUT2D eigenvalue weighted by Gasteiger charge is -2.13. The van der Waals surface area contributed by atoms with Gasteiger partial charge in [0.15, 0.2) is 0 Å². The summed E-state index contributed by atoms with van der Waals surface area (Å²) in [5.41, 5.74) is 2.91. The zero-order chi connectivity index (χ0) is 16.2. The molecule has 0 fully saturated rings. The van der Waals surface area contributed by atoms with Crippen LogP contribution >= 0.6 is 11.6 Å². The molecule has 0 bridgehead atoms. The van der Waals surface area contributed by atoms with Gasteiger partial charge in [-0.15, -0.1) is 11.6 Å². The average Bonchev–Trinajstić information content (AvgIpc) is 2.59. The molecule has 3 N–H and O–H groups in total. The van der Waals surface area contributed by atoms with Crippen LogP contribution in [0.15, 0.2) is 53.3 Å². The smallest absolute Gasteiger partial charge is 0.275 e. The minimum absolute atomic E-state index is 0.143. The molecule has 118 valence electrons. The second-order valence-electron chi connectivity index (χ2n) is 5.17. The van der Waals surface area contributed by atoms with Crippen molar-refractivity contribution in [3.05, 3.63) is 58.9 Å². The van der Waals surface area contributed by atoms with Crippen LogP contribution in [-0.4, -0.2) is 33.6 Å². The van der Waals surface area contributed by atoms with Crippen molar-refractivity contribution >= 4 is 28.3 Å². The van der Waals surface area contributed by atoms with Gasteiger partial charge in [0, 0.05) is 17.8 Å². The van der Waals surface area contributed by atoms with Gasteiger partial charge in [0.2, 0.25) is 0 Å². The first-order chi connectivity index (χ1) is 11.2. The van der Waals surface area contributed by atoms with E-state index in [1.54, 1.807) is 0 Å². The predicted molar refractivity (Wildman–Crippen MR) is 93.0 cm³/mol. The minimum atomic E-state index is -0.660. The predicted octanol–water partition coefficient (Wildman–Crippen LogP) is 2.60. The number of benzene rings is 2. The van der Waals surface area contributed by atoms with E-state index in [1.807, 2.05) is 48.5 Å². The third-order valence-electron chi connectivity index (χ3n) is 3.49. The minimum Gasteiger partial charge on any atom is -0.390 e. The van der Waals surface area contributed by atoms with Gasteiger partial charge in [-0.05, 0) is 18.2 Å². The molecule has 3 aromatic rings. The van der Waals surface area contributed by atoms with Gasteiger partial charge in [-0.25, -0.2) is 4.98 Å². The second-order valence-corrected chi connectivity index (χ2v) is 5.47. The van der Waals surface area contributed by atoms with Gasteiger partial charge < -0.3 is 15.4 Å². The number of para-hydroxylation sites is 3. The first-order valence-electron chi connectivity index (χ1n) is 7.25. The van der Waals surface area contributed by atoms with Crippen LogP contribution in [0.25, 0.3) is 22.3 Å². The van der Waals surface area contributed by atoms with E-state index in [9.17, 15) is 9.90 Å². The number of anilines is 1. The molecule has 1 atom stereocenters. The Hall–Kier alpha value is -2.37. The fourth-order valence-corrected chi connectivity index (χ4v) is 2.45. The topological polar surface area (TPSA) is 78.0 Å². The first-order valence-corrected chi connectivity index (χ1v) is 7.79. The van der Waals surface area contributed by atoms with Crippen molar-refractivity contribution in [1.29, 1.82) is 0 Å². The van der Waals surface area contributed by atoms with Crippen molar-refractivity contribution in [1.82, 2.24) is 9.97 Å². The SMILES string of the molecule is O=c1[nH]c2ccccc2nc1-c1ccccc1NCC(O)CCl. The number of halogens is 1. The molecule has 0 aliphatic carbocycles. The maximum Gasteiger partial charge on any atom is 0.275 e. The molecule has 1 heterocycles. The zero-order valence-electron chi connectivity index (χ0n) is 12.3. The van der Waals surface area contributed by atoms with Crippen LogP contribution < -0.4 is 10.9 Å². The van der Waals surface area contributed by atoms with E-state index in [0.717, 1.165) is 11.2 Å². The molecule has 0 saturated carbocycles. The van der Waals surface area contributed by atoms with E-state index < -0.39 is 6.10 Å². The molecule has 0 aliphatic rings. The van der Waals surface area contributed by atoms with E-state index in [1.165, 1.54) is 0 Å². The van der Waals surface area contributed by atoms with Crippen molar-refractivity contribution in [2.45, 2.75) is 6.10 Å². The van der Waals surface area contributed by atoms with Gasteiger partial charge in [0.1, 0.15) is 5.69 Å². The summed E-state index contributed by atoms with van der Waals surface area (Å²) >= 11 is 5.61. The van der Waals surface area contributed by atoms with E-state index in [-0.39, 0.29) is 11.4 Å². The van der Waals surface area contributed by atoms with E-state index in [4.69, 9.17) is 11.6 Å². The fourth-order valence-electron chi connectivity index (χ4n) is 2.34. The van der Waals surface area contributed by atoms with Crippen molar-refractivity contribution in [2.24, 2.45) is 0 Å². The highest BCUT2D eigenvalue weighted by Crippen LogP contribution is 2.24. The molecular weight excluding hydrogens is 314 g/mol. The molecule has 3 rings (SSSR count). The van der Waals surface area contributed by atoms with Crippen LogP contribution in [0, 0.1) is 0 Å². The maximum atomic E-state index is 12.4. The molecule has 6 heteroatoms. The largest absolute Gasteiger partial charge is 0.390 e. The molecule has 0 saturated heterocycles. The first kappa shape index (κ1) is 15.5. The number of rotatable bonds is 5. The molecule has 2 aromatic carbocycles. The average molecular weight is 330 g/mol. The Bertz CT molecular complexity index is 879. The standard InChI is InChI=1S/C17H16ClN3O2/c18-9-11(22)10-19-13-6-2-1-5-12(13)16-17(23)21-15-8-4-3-7-14(15)20-16/h1-8,11,19,22H,9-10H2,(H,21,23). The molecule has 5 nitrogen and oxygen atoms in total. The highest BCUT2D eigenvalue weighted by atomic mass is 35.5. The van der Waals surface area contributed by atoms with Crippen LogP contribution in [0.5, 0.6) is 0 Å². The number of aromatic nitrogens is 2. The lowest BCUT2D eigenvalue weighted by Crippen LogP contribution is -2.21. The number of fused-ring (bicyclic) bond motifs is 1. The van der Waals surface area contributed by atoms with Gasteiger partial charge in [-0.1, -0.05) is 30.3 Å². The van der Waals surface area contributed by atoms with E-state index in [2.05, 4.69) is 15.3 Å². The Morgan fingerprint density at radius 3 is 2.74 bits per heavy atom. The van der Waals surface area contributed by atoms with Gasteiger partial charge in [0.05, 0.1) is 23.0 Å². The number of aliphatic hydroxyl groups is 1. The highest BCUT2D eigenvalue weighted by molar-refractivity contribution is 6.18. The summed E-state index contributed by atoms with van der Waals surface area (Å²) in [5, 5.41) is 12.7. The maximum absolute atomic E-state index is 12.4. The monoisotopic (exact) mass is 329 g/mol. The summed E-state index contributed by atoms with van der Waals surface area (Å²) in [6.45, 7) is 0.298. The molecule has 1 unspecified atom stereocenters. The number of nitrogens with one attached hydrogen (secondary N) is 2. The molecule has 0 spiro atoms. The van der Waals surface area contributed by atoms with Crippen LogP contribution in [0.2, 0.25) is 0 Å². The molecule has 0 aliphatic heterocycles. The Kier molecular flexibility index (Phi) is 4.60. The molecule has 23 heavy (non-hydrogen) atoms. The van der Waals surface area contributed by atoms with Gasteiger partial charge in [0.25, 0.3) is 5.56 Å². The third-order valence-corrected chi connectivity index (χ3v) is 3.84.